The lowest BCUT2D eigenvalue weighted by Gasteiger charge is -2.03. The number of aromatic carboxylic acids is 1. The van der Waals surface area contributed by atoms with Crippen LogP contribution in [0.5, 0.6) is 11.6 Å². The fraction of sp³-hybridized carbons (Fsp3) is 0. The Morgan fingerprint density at radius 1 is 1.18 bits per heavy atom. The molecule has 0 spiro atoms. The number of hydrogen-bond donors (Lipinski definition) is 1. The second kappa shape index (κ2) is 5.09. The summed E-state index contributed by atoms with van der Waals surface area (Å²) in [6, 6.07) is 7.40. The van der Waals surface area contributed by atoms with Crippen molar-refractivity contribution in [1.82, 2.24) is 9.97 Å². The maximum absolute atomic E-state index is 10.6. The van der Waals surface area contributed by atoms with Gasteiger partial charge in [-0.25, -0.2) is 14.8 Å². The van der Waals surface area contributed by atoms with Crippen molar-refractivity contribution >= 4 is 28.6 Å². The summed E-state index contributed by atoms with van der Waals surface area (Å²) >= 11 is 2.19. The lowest BCUT2D eigenvalue weighted by molar-refractivity contribution is 0.0690. The van der Waals surface area contributed by atoms with Crippen LogP contribution in [0, 0.1) is 3.57 Å². The van der Waals surface area contributed by atoms with Crippen LogP contribution in [0.15, 0.2) is 36.7 Å². The third-order valence-electron chi connectivity index (χ3n) is 1.88. The van der Waals surface area contributed by atoms with Gasteiger partial charge >= 0.3 is 5.97 Å². The minimum atomic E-state index is -1.11. The zero-order chi connectivity index (χ0) is 12.3. The molecule has 1 aromatic carbocycles. The monoisotopic (exact) mass is 342 g/mol. The molecule has 0 aliphatic carbocycles. The van der Waals surface area contributed by atoms with Gasteiger partial charge in [0.25, 0.3) is 0 Å². The third-order valence-corrected chi connectivity index (χ3v) is 2.60. The molecule has 0 amide bonds. The molecule has 0 aliphatic rings. The smallest absolute Gasteiger partial charge is 0.356 e. The SMILES string of the molecule is O=C(O)c1cnc(Oc2ccc(I)cc2)cn1. The first kappa shape index (κ1) is 11.8. The summed E-state index contributed by atoms with van der Waals surface area (Å²) in [5.41, 5.74) is -0.111. The molecule has 6 heteroatoms. The highest BCUT2D eigenvalue weighted by atomic mass is 127. The van der Waals surface area contributed by atoms with Gasteiger partial charge in [-0.2, -0.15) is 0 Å². The van der Waals surface area contributed by atoms with Gasteiger partial charge in [-0.3, -0.25) is 0 Å². The molecule has 2 rings (SSSR count). The average molecular weight is 342 g/mol. The molecule has 0 fully saturated rings. The maximum atomic E-state index is 10.6. The Morgan fingerprint density at radius 2 is 1.88 bits per heavy atom. The lowest BCUT2D eigenvalue weighted by Crippen LogP contribution is -2.01. The fourth-order valence-corrected chi connectivity index (χ4v) is 1.46. The van der Waals surface area contributed by atoms with E-state index in [1.807, 2.05) is 12.1 Å². The van der Waals surface area contributed by atoms with Crippen molar-refractivity contribution in [3.05, 3.63) is 45.9 Å². The molecule has 1 N–H and O–H groups in total. The van der Waals surface area contributed by atoms with Crippen LogP contribution < -0.4 is 4.74 Å². The van der Waals surface area contributed by atoms with Gasteiger partial charge in [0, 0.05) is 3.57 Å². The third kappa shape index (κ3) is 3.13. The standard InChI is InChI=1S/C11H7IN2O3/c12-7-1-3-8(4-2-7)17-10-6-13-9(5-14-10)11(15)16/h1-6H,(H,15,16). The Hall–Kier alpha value is -1.70. The van der Waals surface area contributed by atoms with Crippen LogP contribution in [-0.2, 0) is 0 Å². The largest absolute Gasteiger partial charge is 0.476 e. The molecule has 0 atom stereocenters. The van der Waals surface area contributed by atoms with Crippen molar-refractivity contribution in [1.29, 1.82) is 0 Å². The lowest BCUT2D eigenvalue weighted by atomic mass is 10.3. The molecular formula is C11H7IN2O3. The summed E-state index contributed by atoms with van der Waals surface area (Å²) in [6.07, 6.45) is 2.44. The summed E-state index contributed by atoms with van der Waals surface area (Å²) in [4.78, 5) is 18.1. The number of aromatic nitrogens is 2. The van der Waals surface area contributed by atoms with Crippen molar-refractivity contribution in [2.45, 2.75) is 0 Å². The van der Waals surface area contributed by atoms with Gasteiger partial charge < -0.3 is 9.84 Å². The molecule has 0 radical (unpaired) electrons. The molecule has 2 aromatic rings. The van der Waals surface area contributed by atoms with E-state index in [0.29, 0.717) is 5.75 Å². The van der Waals surface area contributed by atoms with Crippen molar-refractivity contribution in [3.8, 4) is 11.6 Å². The Morgan fingerprint density at radius 3 is 2.41 bits per heavy atom. The van der Waals surface area contributed by atoms with Crippen LogP contribution in [0.3, 0.4) is 0 Å². The number of carboxylic acid groups (broad SMARTS) is 1. The Bertz CT molecular complexity index is 525. The highest BCUT2D eigenvalue weighted by Crippen LogP contribution is 2.19. The first-order chi connectivity index (χ1) is 8.15. The number of carboxylic acids is 1. The minimum absolute atomic E-state index is 0.111. The number of rotatable bonds is 3. The Labute approximate surface area is 111 Å². The van der Waals surface area contributed by atoms with Gasteiger partial charge in [-0.05, 0) is 46.9 Å². The van der Waals surface area contributed by atoms with Gasteiger partial charge in [-0.15, -0.1) is 0 Å². The first-order valence-electron chi connectivity index (χ1n) is 4.64. The molecule has 0 saturated heterocycles. The highest BCUT2D eigenvalue weighted by molar-refractivity contribution is 14.1. The van der Waals surface area contributed by atoms with Crippen molar-refractivity contribution in [3.63, 3.8) is 0 Å². The van der Waals surface area contributed by atoms with Gasteiger partial charge in [0.1, 0.15) is 5.75 Å². The zero-order valence-electron chi connectivity index (χ0n) is 8.50. The van der Waals surface area contributed by atoms with Crippen LogP contribution >= 0.6 is 22.6 Å². The molecule has 5 nitrogen and oxygen atoms in total. The fourth-order valence-electron chi connectivity index (χ4n) is 1.10. The van der Waals surface area contributed by atoms with E-state index in [1.54, 1.807) is 12.1 Å². The second-order valence-electron chi connectivity index (χ2n) is 3.10. The molecule has 0 bridgehead atoms. The predicted molar refractivity (Wildman–Crippen MR) is 68.2 cm³/mol. The maximum Gasteiger partial charge on any atom is 0.356 e. The van der Waals surface area contributed by atoms with Crippen LogP contribution in [0.25, 0.3) is 0 Å². The molecule has 0 saturated carbocycles. The molecule has 17 heavy (non-hydrogen) atoms. The normalized spacial score (nSPS) is 9.94. The average Bonchev–Trinajstić information content (AvgIpc) is 2.33. The van der Waals surface area contributed by atoms with Crippen LogP contribution in [0.2, 0.25) is 0 Å². The van der Waals surface area contributed by atoms with E-state index in [-0.39, 0.29) is 11.6 Å². The van der Waals surface area contributed by atoms with Gasteiger partial charge in [0.2, 0.25) is 5.88 Å². The molecular weight excluding hydrogens is 335 g/mol. The summed E-state index contributed by atoms with van der Waals surface area (Å²) in [5.74, 6) is -0.225. The summed E-state index contributed by atoms with van der Waals surface area (Å²) in [6.45, 7) is 0. The van der Waals surface area contributed by atoms with Crippen molar-refractivity contribution < 1.29 is 14.6 Å². The number of halogens is 1. The van der Waals surface area contributed by atoms with Crippen LogP contribution in [0.1, 0.15) is 10.5 Å². The van der Waals surface area contributed by atoms with Gasteiger partial charge in [0.05, 0.1) is 12.4 Å². The van der Waals surface area contributed by atoms with Crippen LogP contribution in [-0.4, -0.2) is 21.0 Å². The second-order valence-corrected chi connectivity index (χ2v) is 4.35. The van der Waals surface area contributed by atoms with E-state index in [1.165, 1.54) is 6.20 Å². The molecule has 0 unspecified atom stereocenters. The molecule has 1 aromatic heterocycles. The van der Waals surface area contributed by atoms with Gasteiger partial charge in [0.15, 0.2) is 5.69 Å². The minimum Gasteiger partial charge on any atom is -0.476 e. The van der Waals surface area contributed by atoms with Crippen molar-refractivity contribution in [2.24, 2.45) is 0 Å². The van der Waals surface area contributed by atoms with E-state index < -0.39 is 5.97 Å². The quantitative estimate of drug-likeness (QED) is 0.868. The van der Waals surface area contributed by atoms with E-state index in [2.05, 4.69) is 32.6 Å². The summed E-state index contributed by atoms with van der Waals surface area (Å²) in [7, 11) is 0. The van der Waals surface area contributed by atoms with Crippen LogP contribution in [0.4, 0.5) is 0 Å². The number of benzene rings is 1. The highest BCUT2D eigenvalue weighted by Gasteiger charge is 2.05. The number of nitrogens with zero attached hydrogens (tertiary/aromatic N) is 2. The zero-order valence-corrected chi connectivity index (χ0v) is 10.7. The van der Waals surface area contributed by atoms with Gasteiger partial charge in [-0.1, -0.05) is 0 Å². The molecule has 0 aliphatic heterocycles. The summed E-state index contributed by atoms with van der Waals surface area (Å²) < 4.78 is 6.50. The first-order valence-corrected chi connectivity index (χ1v) is 5.72. The Balaban J connectivity index is 2.13. The van der Waals surface area contributed by atoms with E-state index in [0.717, 1.165) is 9.77 Å². The van der Waals surface area contributed by atoms with E-state index >= 15 is 0 Å². The number of hydrogen-bond acceptors (Lipinski definition) is 4. The summed E-state index contributed by atoms with van der Waals surface area (Å²) in [5, 5.41) is 8.65. The van der Waals surface area contributed by atoms with Crippen molar-refractivity contribution in [2.75, 3.05) is 0 Å². The van der Waals surface area contributed by atoms with E-state index in [4.69, 9.17) is 9.84 Å². The Kier molecular flexibility index (Phi) is 3.52. The number of ether oxygens (including phenoxy) is 1. The molecule has 86 valence electrons. The topological polar surface area (TPSA) is 72.3 Å². The van der Waals surface area contributed by atoms with E-state index in [9.17, 15) is 4.79 Å². The molecule has 1 heterocycles. The predicted octanol–water partition coefficient (Wildman–Crippen LogP) is 2.57. The number of carbonyl (C=O) groups is 1.